The molecule has 102 valence electrons. The average molecular weight is 241 g/mol. The van der Waals surface area contributed by atoms with Crippen molar-refractivity contribution in [2.75, 3.05) is 20.2 Å². The molecule has 0 aromatic heterocycles. The van der Waals surface area contributed by atoms with Gasteiger partial charge in [0.2, 0.25) is 0 Å². The van der Waals surface area contributed by atoms with Crippen LogP contribution in [-0.2, 0) is 4.74 Å². The highest BCUT2D eigenvalue weighted by molar-refractivity contribution is 4.91. The van der Waals surface area contributed by atoms with Gasteiger partial charge in [0.25, 0.3) is 0 Å². The van der Waals surface area contributed by atoms with Gasteiger partial charge in [-0.25, -0.2) is 0 Å². The quantitative estimate of drug-likeness (QED) is 0.794. The molecule has 0 atom stereocenters. The first-order chi connectivity index (χ1) is 7.93. The number of likely N-dealkylation sites (N-methyl/N-ethyl adjacent to an activating group) is 1. The molecule has 0 radical (unpaired) electrons. The first-order valence-corrected chi connectivity index (χ1v) is 7.22. The highest BCUT2D eigenvalue weighted by Crippen LogP contribution is 2.42. The van der Waals surface area contributed by atoms with E-state index >= 15 is 0 Å². The van der Waals surface area contributed by atoms with Crippen molar-refractivity contribution < 1.29 is 4.74 Å². The Hall–Kier alpha value is -0.0800. The van der Waals surface area contributed by atoms with Crippen LogP contribution in [0, 0.1) is 11.3 Å². The summed E-state index contributed by atoms with van der Waals surface area (Å²) in [5.74, 6) is 0.859. The summed E-state index contributed by atoms with van der Waals surface area (Å²) in [6, 6.07) is 0. The number of hydrogen-bond acceptors (Lipinski definition) is 2. The SMILES string of the molecule is CCCOC1(CNC)CCC(C(C)(C)C)CC1. The number of ether oxygens (including phenoxy) is 1. The van der Waals surface area contributed by atoms with Crippen molar-refractivity contribution in [2.45, 2.75) is 65.4 Å². The van der Waals surface area contributed by atoms with Crippen molar-refractivity contribution in [3.63, 3.8) is 0 Å². The molecule has 0 spiro atoms. The maximum Gasteiger partial charge on any atom is 0.0806 e. The van der Waals surface area contributed by atoms with E-state index in [-0.39, 0.29) is 5.60 Å². The summed E-state index contributed by atoms with van der Waals surface area (Å²) >= 11 is 0. The largest absolute Gasteiger partial charge is 0.374 e. The van der Waals surface area contributed by atoms with Gasteiger partial charge < -0.3 is 10.1 Å². The van der Waals surface area contributed by atoms with E-state index in [4.69, 9.17) is 4.74 Å². The van der Waals surface area contributed by atoms with Crippen LogP contribution in [0.1, 0.15) is 59.8 Å². The standard InChI is InChI=1S/C15H31NO/c1-6-11-17-15(12-16-5)9-7-13(8-10-15)14(2,3)4/h13,16H,6-12H2,1-5H3. The highest BCUT2D eigenvalue weighted by Gasteiger charge is 2.38. The predicted molar refractivity (Wildman–Crippen MR) is 74.3 cm³/mol. The minimum atomic E-state index is 0.118. The summed E-state index contributed by atoms with van der Waals surface area (Å²) in [5, 5.41) is 3.32. The van der Waals surface area contributed by atoms with Crippen LogP contribution in [-0.4, -0.2) is 25.8 Å². The lowest BCUT2D eigenvalue weighted by atomic mass is 9.68. The minimum absolute atomic E-state index is 0.118. The second-order valence-electron chi connectivity index (χ2n) is 6.70. The maximum absolute atomic E-state index is 6.16. The van der Waals surface area contributed by atoms with E-state index in [0.29, 0.717) is 5.41 Å². The normalized spacial score (nSPS) is 30.5. The lowest BCUT2D eigenvalue weighted by Gasteiger charge is -2.44. The molecule has 2 nitrogen and oxygen atoms in total. The molecule has 17 heavy (non-hydrogen) atoms. The third-order valence-electron chi connectivity index (χ3n) is 4.23. The van der Waals surface area contributed by atoms with Gasteiger partial charge in [0.1, 0.15) is 0 Å². The second kappa shape index (κ2) is 6.19. The summed E-state index contributed by atoms with van der Waals surface area (Å²) < 4.78 is 6.16. The fraction of sp³-hybridized carbons (Fsp3) is 1.00. The van der Waals surface area contributed by atoms with Gasteiger partial charge in [-0.15, -0.1) is 0 Å². The van der Waals surface area contributed by atoms with Crippen LogP contribution in [0.2, 0.25) is 0 Å². The van der Waals surface area contributed by atoms with Gasteiger partial charge in [0.05, 0.1) is 5.60 Å². The van der Waals surface area contributed by atoms with Crippen molar-refractivity contribution >= 4 is 0 Å². The third-order valence-corrected chi connectivity index (χ3v) is 4.23. The molecule has 0 saturated heterocycles. The lowest BCUT2D eigenvalue weighted by Crippen LogP contribution is -2.46. The molecule has 1 saturated carbocycles. The van der Waals surface area contributed by atoms with Crippen LogP contribution in [0.5, 0.6) is 0 Å². The van der Waals surface area contributed by atoms with Gasteiger partial charge in [-0.3, -0.25) is 0 Å². The molecule has 1 aliphatic rings. The van der Waals surface area contributed by atoms with Gasteiger partial charge in [-0.05, 0) is 50.5 Å². The van der Waals surface area contributed by atoms with Crippen molar-refractivity contribution in [1.29, 1.82) is 0 Å². The van der Waals surface area contributed by atoms with Gasteiger partial charge in [0.15, 0.2) is 0 Å². The first-order valence-electron chi connectivity index (χ1n) is 7.22. The van der Waals surface area contributed by atoms with Crippen molar-refractivity contribution in [3.8, 4) is 0 Å². The molecule has 0 aromatic carbocycles. The van der Waals surface area contributed by atoms with Gasteiger partial charge in [-0.2, -0.15) is 0 Å². The molecule has 1 fully saturated rings. The highest BCUT2D eigenvalue weighted by atomic mass is 16.5. The molecule has 1 rings (SSSR count). The van der Waals surface area contributed by atoms with E-state index in [0.717, 1.165) is 25.5 Å². The number of rotatable bonds is 5. The fourth-order valence-corrected chi connectivity index (χ4v) is 3.02. The topological polar surface area (TPSA) is 21.3 Å². The number of hydrogen-bond donors (Lipinski definition) is 1. The summed E-state index contributed by atoms with van der Waals surface area (Å²) in [5.41, 5.74) is 0.572. The summed E-state index contributed by atoms with van der Waals surface area (Å²) in [6.45, 7) is 11.2. The minimum Gasteiger partial charge on any atom is -0.374 e. The average Bonchev–Trinajstić information content (AvgIpc) is 2.26. The zero-order chi connectivity index (χ0) is 12.9. The number of nitrogens with one attached hydrogen (secondary N) is 1. The summed E-state index contributed by atoms with van der Waals surface area (Å²) in [6.07, 6.45) is 6.18. The second-order valence-corrected chi connectivity index (χ2v) is 6.70. The molecule has 1 N–H and O–H groups in total. The summed E-state index contributed by atoms with van der Waals surface area (Å²) in [7, 11) is 2.03. The van der Waals surface area contributed by atoms with Crippen LogP contribution in [0.25, 0.3) is 0 Å². The smallest absolute Gasteiger partial charge is 0.0806 e. The predicted octanol–water partition coefficient (Wildman–Crippen LogP) is 3.61. The molecule has 0 unspecified atom stereocenters. The van der Waals surface area contributed by atoms with E-state index in [2.05, 4.69) is 33.0 Å². The van der Waals surface area contributed by atoms with Crippen LogP contribution < -0.4 is 5.32 Å². The Labute approximate surface area is 108 Å². The molecule has 2 heteroatoms. The van der Waals surface area contributed by atoms with E-state index < -0.39 is 0 Å². The fourth-order valence-electron chi connectivity index (χ4n) is 3.02. The molecular formula is C15H31NO. The molecule has 0 amide bonds. The zero-order valence-electron chi connectivity index (χ0n) is 12.4. The van der Waals surface area contributed by atoms with Crippen molar-refractivity contribution in [2.24, 2.45) is 11.3 Å². The van der Waals surface area contributed by atoms with E-state index in [9.17, 15) is 0 Å². The van der Waals surface area contributed by atoms with Crippen LogP contribution in [0.3, 0.4) is 0 Å². The van der Waals surface area contributed by atoms with Crippen molar-refractivity contribution in [3.05, 3.63) is 0 Å². The van der Waals surface area contributed by atoms with Gasteiger partial charge >= 0.3 is 0 Å². The van der Waals surface area contributed by atoms with Crippen molar-refractivity contribution in [1.82, 2.24) is 5.32 Å². The molecule has 0 aliphatic heterocycles. The molecule has 0 aromatic rings. The van der Waals surface area contributed by atoms with Crippen LogP contribution in [0.15, 0.2) is 0 Å². The van der Waals surface area contributed by atoms with Crippen LogP contribution in [0.4, 0.5) is 0 Å². The monoisotopic (exact) mass is 241 g/mol. The van der Waals surface area contributed by atoms with Gasteiger partial charge in [-0.1, -0.05) is 27.7 Å². The first kappa shape index (κ1) is 15.0. The zero-order valence-corrected chi connectivity index (χ0v) is 12.4. The van der Waals surface area contributed by atoms with E-state index in [1.807, 2.05) is 7.05 Å². The van der Waals surface area contributed by atoms with E-state index in [1.165, 1.54) is 25.7 Å². The molecular weight excluding hydrogens is 210 g/mol. The summed E-state index contributed by atoms with van der Waals surface area (Å²) in [4.78, 5) is 0. The Kier molecular flexibility index (Phi) is 5.46. The Morgan fingerprint density at radius 2 is 1.82 bits per heavy atom. The maximum atomic E-state index is 6.16. The lowest BCUT2D eigenvalue weighted by molar-refractivity contribution is -0.0833. The molecule has 0 heterocycles. The Bertz CT molecular complexity index is 211. The van der Waals surface area contributed by atoms with Crippen LogP contribution >= 0.6 is 0 Å². The van der Waals surface area contributed by atoms with E-state index in [1.54, 1.807) is 0 Å². The molecule has 0 bridgehead atoms. The van der Waals surface area contributed by atoms with Gasteiger partial charge in [0, 0.05) is 13.2 Å². The Morgan fingerprint density at radius 1 is 1.24 bits per heavy atom. The molecule has 1 aliphatic carbocycles. The Balaban J connectivity index is 2.54. The Morgan fingerprint density at radius 3 is 2.24 bits per heavy atom. The third kappa shape index (κ3) is 4.26.